The number of amides is 2. The fourth-order valence-electron chi connectivity index (χ4n) is 3.13. The summed E-state index contributed by atoms with van der Waals surface area (Å²) in [6.45, 7) is 6.45. The lowest BCUT2D eigenvalue weighted by atomic mass is 9.89. The third kappa shape index (κ3) is 4.88. The zero-order valence-electron chi connectivity index (χ0n) is 13.8. The average Bonchev–Trinajstić information content (AvgIpc) is 2.88. The topological polar surface area (TPSA) is 81.3 Å². The van der Waals surface area contributed by atoms with Crippen LogP contribution in [0, 0.1) is 5.41 Å². The Morgan fingerprint density at radius 3 is 2.68 bits per heavy atom. The van der Waals surface area contributed by atoms with E-state index >= 15 is 0 Å². The predicted molar refractivity (Wildman–Crippen MR) is 88.2 cm³/mol. The maximum absolute atomic E-state index is 12.1. The van der Waals surface area contributed by atoms with Crippen LogP contribution in [-0.4, -0.2) is 39.5 Å². The van der Waals surface area contributed by atoms with Gasteiger partial charge >= 0.3 is 6.03 Å². The van der Waals surface area contributed by atoms with Gasteiger partial charge in [-0.2, -0.15) is 0 Å². The van der Waals surface area contributed by atoms with Crippen LogP contribution in [0.5, 0.6) is 0 Å². The van der Waals surface area contributed by atoms with Crippen molar-refractivity contribution in [3.05, 3.63) is 0 Å². The fourth-order valence-corrected chi connectivity index (χ4v) is 5.04. The zero-order chi connectivity index (χ0) is 16.3. The Bertz CT molecular complexity index is 422. The summed E-state index contributed by atoms with van der Waals surface area (Å²) in [5, 5.41) is 5.73. The van der Waals surface area contributed by atoms with Gasteiger partial charge in [-0.15, -0.1) is 0 Å². The molecule has 0 saturated carbocycles. The van der Waals surface area contributed by atoms with Crippen molar-refractivity contribution in [3.8, 4) is 0 Å². The Hall–Kier alpha value is -0.750. The van der Waals surface area contributed by atoms with Crippen LogP contribution in [0.1, 0.15) is 59.3 Å². The summed E-state index contributed by atoms with van der Waals surface area (Å²) in [4.78, 5) is 23.2. The maximum Gasteiger partial charge on any atom is 0.315 e. The molecule has 22 heavy (non-hydrogen) atoms. The largest absolute Gasteiger partial charge is 0.616 e. The number of hydrogen-bond acceptors (Lipinski definition) is 3. The van der Waals surface area contributed by atoms with Gasteiger partial charge in [0.25, 0.3) is 0 Å². The van der Waals surface area contributed by atoms with E-state index in [1.807, 2.05) is 0 Å². The third-order valence-electron chi connectivity index (χ3n) is 4.48. The summed E-state index contributed by atoms with van der Waals surface area (Å²) in [5.41, 5.74) is 0.207. The van der Waals surface area contributed by atoms with Gasteiger partial charge in [-0.1, -0.05) is 20.8 Å². The van der Waals surface area contributed by atoms with Gasteiger partial charge in [0.15, 0.2) is 0 Å². The first-order valence-corrected chi connectivity index (χ1v) is 9.60. The molecule has 2 saturated heterocycles. The van der Waals surface area contributed by atoms with E-state index in [4.69, 9.17) is 0 Å². The SMILES string of the molecule is CC(C)(C)CCC(=O)CCCC[C@H]1[C@H]2NC(=O)N[C@H]2C[S+]1[O-]. The van der Waals surface area contributed by atoms with E-state index in [1.165, 1.54) is 0 Å². The first-order valence-electron chi connectivity index (χ1n) is 8.22. The highest BCUT2D eigenvalue weighted by atomic mass is 32.2. The van der Waals surface area contributed by atoms with E-state index in [0.29, 0.717) is 24.4 Å². The van der Waals surface area contributed by atoms with Crippen molar-refractivity contribution in [1.29, 1.82) is 0 Å². The zero-order valence-corrected chi connectivity index (χ0v) is 14.6. The minimum Gasteiger partial charge on any atom is -0.616 e. The van der Waals surface area contributed by atoms with Gasteiger partial charge in [-0.05, 0) is 42.3 Å². The van der Waals surface area contributed by atoms with Crippen molar-refractivity contribution < 1.29 is 14.1 Å². The Labute approximate surface area is 136 Å². The quantitative estimate of drug-likeness (QED) is 0.427. The molecule has 2 N–H and O–H groups in total. The molecule has 6 heteroatoms. The van der Waals surface area contributed by atoms with E-state index in [0.717, 1.165) is 25.7 Å². The van der Waals surface area contributed by atoms with Crippen molar-refractivity contribution in [3.63, 3.8) is 0 Å². The molecule has 126 valence electrons. The molecule has 1 unspecified atom stereocenters. The van der Waals surface area contributed by atoms with Crippen LogP contribution in [-0.2, 0) is 16.0 Å². The number of rotatable bonds is 7. The number of Topliss-reactive ketones (excluding diaryl/α,β-unsaturated/α-hetero) is 1. The Morgan fingerprint density at radius 2 is 2.00 bits per heavy atom. The van der Waals surface area contributed by atoms with Gasteiger partial charge in [-0.25, -0.2) is 4.79 Å². The van der Waals surface area contributed by atoms with Crippen LogP contribution in [0.3, 0.4) is 0 Å². The van der Waals surface area contributed by atoms with Gasteiger partial charge in [0, 0.05) is 12.8 Å². The van der Waals surface area contributed by atoms with Crippen molar-refractivity contribution in [2.45, 2.75) is 76.6 Å². The molecular formula is C16H28N2O3S. The number of hydrogen-bond donors (Lipinski definition) is 2. The van der Waals surface area contributed by atoms with Crippen molar-refractivity contribution >= 4 is 23.0 Å². The minimum absolute atomic E-state index is 0.00456. The Balaban J connectivity index is 1.64. The van der Waals surface area contributed by atoms with Crippen LogP contribution in [0.15, 0.2) is 0 Å². The molecule has 2 heterocycles. The van der Waals surface area contributed by atoms with Crippen molar-refractivity contribution in [2.24, 2.45) is 5.41 Å². The molecule has 2 aliphatic heterocycles. The van der Waals surface area contributed by atoms with E-state index < -0.39 is 11.2 Å². The van der Waals surface area contributed by atoms with Gasteiger partial charge < -0.3 is 15.2 Å². The smallest absolute Gasteiger partial charge is 0.315 e. The second-order valence-electron chi connectivity index (χ2n) is 7.68. The van der Waals surface area contributed by atoms with Crippen LogP contribution < -0.4 is 10.6 Å². The molecule has 5 nitrogen and oxygen atoms in total. The minimum atomic E-state index is -0.876. The van der Waals surface area contributed by atoms with Crippen molar-refractivity contribution in [1.82, 2.24) is 10.6 Å². The van der Waals surface area contributed by atoms with Gasteiger partial charge in [0.1, 0.15) is 28.9 Å². The molecule has 4 atom stereocenters. The van der Waals surface area contributed by atoms with Crippen LogP contribution in [0.25, 0.3) is 0 Å². The number of urea groups is 1. The molecule has 0 aromatic rings. The van der Waals surface area contributed by atoms with Crippen molar-refractivity contribution in [2.75, 3.05) is 5.75 Å². The van der Waals surface area contributed by atoms with Crippen LogP contribution >= 0.6 is 0 Å². The molecular weight excluding hydrogens is 300 g/mol. The summed E-state index contributed by atoms with van der Waals surface area (Å²) in [6.07, 6.45) is 4.78. The molecule has 0 aromatic heterocycles. The predicted octanol–water partition coefficient (Wildman–Crippen LogP) is 2.12. The molecule has 2 aliphatic rings. The van der Waals surface area contributed by atoms with Gasteiger partial charge in [0.2, 0.25) is 0 Å². The van der Waals surface area contributed by atoms with Gasteiger partial charge in [0.05, 0.1) is 0 Å². The first-order chi connectivity index (χ1) is 10.3. The standard InChI is InChI=1S/C16H28N2O3S/c1-16(2,3)9-8-11(19)6-4-5-7-13-14-12(10-22(13)21)17-15(20)18-14/h12-14H,4-10H2,1-3H3,(H2,17,18,20)/t12-,13-,14-,22?/m0/s1. The molecule has 2 amide bonds. The molecule has 0 radical (unpaired) electrons. The lowest BCUT2D eigenvalue weighted by molar-refractivity contribution is -0.119. The number of nitrogens with one attached hydrogen (secondary N) is 2. The molecule has 0 bridgehead atoms. The molecule has 2 fully saturated rings. The maximum atomic E-state index is 12.1. The summed E-state index contributed by atoms with van der Waals surface area (Å²) in [6, 6.07) is -0.120. The normalized spacial score (nSPS) is 30.8. The highest BCUT2D eigenvalue weighted by Gasteiger charge is 2.50. The number of fused-ring (bicyclic) bond motifs is 1. The molecule has 0 spiro atoms. The summed E-state index contributed by atoms with van der Waals surface area (Å²) < 4.78 is 12.1. The summed E-state index contributed by atoms with van der Waals surface area (Å²) >= 11 is -0.876. The highest BCUT2D eigenvalue weighted by Crippen LogP contribution is 2.28. The highest BCUT2D eigenvalue weighted by molar-refractivity contribution is 7.92. The van der Waals surface area contributed by atoms with Gasteiger partial charge in [-0.3, -0.25) is 4.79 Å². The lowest BCUT2D eigenvalue weighted by Crippen LogP contribution is -2.39. The van der Waals surface area contributed by atoms with E-state index in [-0.39, 0.29) is 28.8 Å². The molecule has 0 aromatic carbocycles. The Morgan fingerprint density at radius 1 is 1.27 bits per heavy atom. The van der Waals surface area contributed by atoms with E-state index in [9.17, 15) is 14.1 Å². The molecule has 0 aliphatic carbocycles. The second kappa shape index (κ2) is 7.21. The first kappa shape index (κ1) is 17.6. The second-order valence-corrected chi connectivity index (χ2v) is 9.38. The van der Waals surface area contributed by atoms with E-state index in [1.54, 1.807) is 0 Å². The summed E-state index contributed by atoms with van der Waals surface area (Å²) in [7, 11) is 0. The summed E-state index contributed by atoms with van der Waals surface area (Å²) in [5.74, 6) is 0.884. The van der Waals surface area contributed by atoms with Crippen LogP contribution in [0.4, 0.5) is 4.79 Å². The fraction of sp³-hybridized carbons (Fsp3) is 0.875. The molecule has 2 rings (SSSR count). The monoisotopic (exact) mass is 328 g/mol. The average molecular weight is 328 g/mol. The van der Waals surface area contributed by atoms with Crippen LogP contribution in [0.2, 0.25) is 0 Å². The third-order valence-corrected chi connectivity index (χ3v) is 6.37. The number of ketones is 1. The van der Waals surface area contributed by atoms with E-state index in [2.05, 4.69) is 31.4 Å². The number of unbranched alkanes of at least 4 members (excludes halogenated alkanes) is 1. The number of carbonyl (C=O) groups excluding carboxylic acids is 2. The number of carbonyl (C=O) groups is 2. The Kier molecular flexibility index (Phi) is 5.77. The lowest BCUT2D eigenvalue weighted by Gasteiger charge is -2.18.